The van der Waals surface area contributed by atoms with Crippen molar-refractivity contribution in [3.05, 3.63) is 28.8 Å². The molecule has 1 aliphatic heterocycles. The van der Waals surface area contributed by atoms with Gasteiger partial charge in [-0.2, -0.15) is 0 Å². The highest BCUT2D eigenvalue weighted by Gasteiger charge is 2.25. The highest BCUT2D eigenvalue weighted by atomic mass is 35.5. The van der Waals surface area contributed by atoms with Crippen LogP contribution in [0.1, 0.15) is 44.6 Å². The maximum Gasteiger partial charge on any atom is 0.107 e. The molecule has 1 atom stereocenters. The van der Waals surface area contributed by atoms with Gasteiger partial charge in [0.2, 0.25) is 0 Å². The zero-order valence-electron chi connectivity index (χ0n) is 11.4. The Morgan fingerprint density at radius 2 is 2.26 bits per heavy atom. The van der Waals surface area contributed by atoms with Gasteiger partial charge in [0.1, 0.15) is 4.99 Å². The molecule has 0 radical (unpaired) electrons. The largest absolute Gasteiger partial charge is 0.389 e. The summed E-state index contributed by atoms with van der Waals surface area (Å²) in [7, 11) is 0. The second-order valence-corrected chi connectivity index (χ2v) is 5.98. The van der Waals surface area contributed by atoms with Gasteiger partial charge in [0.15, 0.2) is 0 Å². The van der Waals surface area contributed by atoms with E-state index < -0.39 is 0 Å². The molecule has 1 heterocycles. The van der Waals surface area contributed by atoms with Crippen LogP contribution in [0.4, 0.5) is 5.69 Å². The van der Waals surface area contributed by atoms with E-state index in [9.17, 15) is 0 Å². The van der Waals surface area contributed by atoms with Crippen LogP contribution in [0, 0.1) is 0 Å². The fourth-order valence-electron chi connectivity index (χ4n) is 2.95. The summed E-state index contributed by atoms with van der Waals surface area (Å²) in [5.74, 6) is 0. The molecule has 1 aliphatic rings. The minimum absolute atomic E-state index is 0.390. The lowest BCUT2D eigenvalue weighted by molar-refractivity contribution is 0.434. The summed E-state index contributed by atoms with van der Waals surface area (Å²) in [5.41, 5.74) is 7.81. The van der Waals surface area contributed by atoms with Gasteiger partial charge in [0, 0.05) is 18.3 Å². The van der Waals surface area contributed by atoms with E-state index in [1.54, 1.807) is 0 Å². The number of rotatable bonds is 4. The molecule has 1 aromatic carbocycles. The molecule has 2 N–H and O–H groups in total. The lowest BCUT2D eigenvalue weighted by Crippen LogP contribution is -2.40. The van der Waals surface area contributed by atoms with Crippen molar-refractivity contribution in [1.82, 2.24) is 0 Å². The quantitative estimate of drug-likeness (QED) is 0.847. The molecule has 2 rings (SSSR count). The third-order valence-corrected chi connectivity index (χ3v) is 4.32. The Morgan fingerprint density at radius 1 is 1.47 bits per heavy atom. The molecule has 1 aromatic rings. The van der Waals surface area contributed by atoms with Crippen LogP contribution < -0.4 is 10.6 Å². The lowest BCUT2D eigenvalue weighted by atomic mass is 9.96. The number of hydrogen-bond acceptors (Lipinski definition) is 2. The molecule has 0 spiro atoms. The van der Waals surface area contributed by atoms with Gasteiger partial charge in [-0.25, -0.2) is 0 Å². The molecule has 0 saturated carbocycles. The first-order valence-corrected chi connectivity index (χ1v) is 7.78. The number of piperidine rings is 1. The SMILES string of the molecule is CCCC1CCCCN1c1cccc(Cl)c1C(N)=S. The lowest BCUT2D eigenvalue weighted by Gasteiger charge is -2.38. The van der Waals surface area contributed by atoms with Gasteiger partial charge in [-0.3, -0.25) is 0 Å². The van der Waals surface area contributed by atoms with Crippen molar-refractivity contribution in [2.24, 2.45) is 5.73 Å². The van der Waals surface area contributed by atoms with Crippen LogP contribution in [0.3, 0.4) is 0 Å². The molecule has 1 unspecified atom stereocenters. The van der Waals surface area contributed by atoms with Crippen LogP contribution in [-0.4, -0.2) is 17.6 Å². The van der Waals surface area contributed by atoms with Crippen molar-refractivity contribution in [3.8, 4) is 0 Å². The third-order valence-electron chi connectivity index (χ3n) is 3.80. The minimum atomic E-state index is 0.390. The number of nitrogens with two attached hydrogens (primary N) is 1. The van der Waals surface area contributed by atoms with E-state index in [2.05, 4.69) is 17.9 Å². The van der Waals surface area contributed by atoms with E-state index in [0.717, 1.165) is 17.8 Å². The maximum atomic E-state index is 6.27. The Morgan fingerprint density at radius 3 is 2.95 bits per heavy atom. The first-order chi connectivity index (χ1) is 9.15. The fourth-order valence-corrected chi connectivity index (χ4v) is 3.49. The number of halogens is 1. The van der Waals surface area contributed by atoms with Crippen molar-refractivity contribution in [2.45, 2.75) is 45.1 Å². The summed E-state index contributed by atoms with van der Waals surface area (Å²) in [6.07, 6.45) is 6.19. The summed E-state index contributed by atoms with van der Waals surface area (Å²) >= 11 is 11.5. The molecule has 0 aromatic heterocycles. The number of thiocarbonyl (C=S) groups is 1. The summed E-state index contributed by atoms with van der Waals surface area (Å²) in [6.45, 7) is 3.31. The Labute approximate surface area is 125 Å². The summed E-state index contributed by atoms with van der Waals surface area (Å²) in [5, 5.41) is 0.658. The molecular formula is C15H21ClN2S. The molecule has 2 nitrogen and oxygen atoms in total. The molecule has 4 heteroatoms. The normalized spacial score (nSPS) is 19.5. The first kappa shape index (κ1) is 14.6. The van der Waals surface area contributed by atoms with Crippen LogP contribution in [0.5, 0.6) is 0 Å². The van der Waals surface area contributed by atoms with Crippen molar-refractivity contribution < 1.29 is 0 Å². The zero-order valence-corrected chi connectivity index (χ0v) is 12.9. The van der Waals surface area contributed by atoms with Crippen LogP contribution in [0.2, 0.25) is 5.02 Å². The molecule has 1 saturated heterocycles. The van der Waals surface area contributed by atoms with Crippen molar-refractivity contribution in [1.29, 1.82) is 0 Å². The zero-order chi connectivity index (χ0) is 13.8. The van der Waals surface area contributed by atoms with Gasteiger partial charge in [-0.05, 0) is 37.8 Å². The van der Waals surface area contributed by atoms with Crippen molar-refractivity contribution in [3.63, 3.8) is 0 Å². The molecule has 0 amide bonds. The molecule has 1 fully saturated rings. The second kappa shape index (κ2) is 6.58. The predicted octanol–water partition coefficient (Wildman–Crippen LogP) is 4.13. The Bertz CT molecular complexity index is 459. The van der Waals surface area contributed by atoms with E-state index in [0.29, 0.717) is 16.1 Å². The van der Waals surface area contributed by atoms with Gasteiger partial charge < -0.3 is 10.6 Å². The van der Waals surface area contributed by atoms with Crippen LogP contribution in [-0.2, 0) is 0 Å². The molecule has 0 aliphatic carbocycles. The minimum Gasteiger partial charge on any atom is -0.389 e. The van der Waals surface area contributed by atoms with Gasteiger partial charge in [-0.1, -0.05) is 43.2 Å². The maximum absolute atomic E-state index is 6.27. The smallest absolute Gasteiger partial charge is 0.107 e. The fraction of sp³-hybridized carbons (Fsp3) is 0.533. The number of anilines is 1. The van der Waals surface area contributed by atoms with Crippen LogP contribution >= 0.6 is 23.8 Å². The van der Waals surface area contributed by atoms with E-state index >= 15 is 0 Å². The topological polar surface area (TPSA) is 29.3 Å². The van der Waals surface area contributed by atoms with Gasteiger partial charge in [0.05, 0.1) is 10.6 Å². The average molecular weight is 297 g/mol. The number of hydrogen-bond donors (Lipinski definition) is 1. The van der Waals surface area contributed by atoms with E-state index in [4.69, 9.17) is 29.6 Å². The molecule has 104 valence electrons. The monoisotopic (exact) mass is 296 g/mol. The number of nitrogens with zero attached hydrogens (tertiary/aromatic N) is 1. The average Bonchev–Trinajstić information content (AvgIpc) is 2.39. The van der Waals surface area contributed by atoms with Crippen LogP contribution in [0.15, 0.2) is 18.2 Å². The van der Waals surface area contributed by atoms with Crippen LogP contribution in [0.25, 0.3) is 0 Å². The highest BCUT2D eigenvalue weighted by molar-refractivity contribution is 7.80. The van der Waals surface area contributed by atoms with E-state index in [-0.39, 0.29) is 0 Å². The van der Waals surface area contributed by atoms with Gasteiger partial charge >= 0.3 is 0 Å². The second-order valence-electron chi connectivity index (χ2n) is 5.13. The molecule has 19 heavy (non-hydrogen) atoms. The summed E-state index contributed by atoms with van der Waals surface area (Å²) in [4.78, 5) is 2.84. The van der Waals surface area contributed by atoms with E-state index in [1.807, 2.05) is 12.1 Å². The highest BCUT2D eigenvalue weighted by Crippen LogP contribution is 2.33. The Balaban J connectivity index is 2.38. The molecule has 0 bridgehead atoms. The van der Waals surface area contributed by atoms with Crippen molar-refractivity contribution in [2.75, 3.05) is 11.4 Å². The Kier molecular flexibility index (Phi) is 5.06. The Hall–Kier alpha value is -0.800. The van der Waals surface area contributed by atoms with Crippen molar-refractivity contribution >= 4 is 34.5 Å². The van der Waals surface area contributed by atoms with E-state index in [1.165, 1.54) is 32.1 Å². The van der Waals surface area contributed by atoms with Gasteiger partial charge in [-0.15, -0.1) is 0 Å². The summed E-state index contributed by atoms with van der Waals surface area (Å²) < 4.78 is 0. The standard InChI is InChI=1S/C15H21ClN2S/c1-2-6-11-7-3-4-10-18(11)13-9-5-8-12(16)14(13)15(17)19/h5,8-9,11H,2-4,6-7,10H2,1H3,(H2,17,19). The number of benzene rings is 1. The molecular weight excluding hydrogens is 276 g/mol. The van der Waals surface area contributed by atoms with Gasteiger partial charge in [0.25, 0.3) is 0 Å². The third kappa shape index (κ3) is 3.21. The predicted molar refractivity (Wildman–Crippen MR) is 87.2 cm³/mol. The summed E-state index contributed by atoms with van der Waals surface area (Å²) in [6, 6.07) is 6.52. The first-order valence-electron chi connectivity index (χ1n) is 7.00.